The predicted molar refractivity (Wildman–Crippen MR) is 88.3 cm³/mol. The fourth-order valence-electron chi connectivity index (χ4n) is 2.49. The van der Waals surface area contributed by atoms with Gasteiger partial charge in [0, 0.05) is 24.5 Å². The summed E-state index contributed by atoms with van der Waals surface area (Å²) in [6.07, 6.45) is 2.36. The number of hydrogen-bond acceptors (Lipinski definition) is 5. The molecule has 1 unspecified atom stereocenters. The van der Waals surface area contributed by atoms with Crippen LogP contribution in [0, 0.1) is 0 Å². The number of likely N-dealkylation sites (tertiary alicyclic amines) is 1. The third kappa shape index (κ3) is 5.53. The largest absolute Gasteiger partial charge is 0.444 e. The van der Waals surface area contributed by atoms with E-state index in [9.17, 15) is 4.79 Å². The second-order valence-electron chi connectivity index (χ2n) is 8.24. The van der Waals surface area contributed by atoms with Crippen molar-refractivity contribution in [3.63, 3.8) is 0 Å². The Morgan fingerprint density at radius 2 is 2.09 bits per heavy atom. The summed E-state index contributed by atoms with van der Waals surface area (Å²) in [6, 6.07) is 0.113. The van der Waals surface area contributed by atoms with Gasteiger partial charge in [-0.15, -0.1) is 0 Å². The summed E-state index contributed by atoms with van der Waals surface area (Å²) in [5, 5.41) is 2.93. The number of oxazole rings is 1. The molecule has 130 valence electrons. The Morgan fingerprint density at radius 3 is 2.65 bits per heavy atom. The van der Waals surface area contributed by atoms with Gasteiger partial charge in [-0.25, -0.2) is 9.78 Å². The topological polar surface area (TPSA) is 67.6 Å². The van der Waals surface area contributed by atoms with Crippen molar-refractivity contribution in [3.05, 3.63) is 17.8 Å². The van der Waals surface area contributed by atoms with E-state index < -0.39 is 5.60 Å². The van der Waals surface area contributed by atoms with Crippen LogP contribution in [0.15, 0.2) is 10.6 Å². The van der Waals surface area contributed by atoms with Crippen LogP contribution in [0.4, 0.5) is 4.79 Å². The molecule has 23 heavy (non-hydrogen) atoms. The van der Waals surface area contributed by atoms with E-state index in [1.165, 1.54) is 0 Å². The van der Waals surface area contributed by atoms with Crippen LogP contribution in [-0.4, -0.2) is 40.7 Å². The van der Waals surface area contributed by atoms with Gasteiger partial charge < -0.3 is 14.5 Å². The number of aromatic nitrogens is 1. The second-order valence-corrected chi connectivity index (χ2v) is 8.24. The van der Waals surface area contributed by atoms with Gasteiger partial charge in [-0.05, 0) is 27.2 Å². The first-order chi connectivity index (χ1) is 10.5. The van der Waals surface area contributed by atoms with Crippen molar-refractivity contribution in [2.75, 3.05) is 13.1 Å². The SMILES string of the molecule is CC(C)(C)OC(=O)NC1CCN(Cc2ncc(C(C)(C)C)o2)C1. The van der Waals surface area contributed by atoms with E-state index in [0.29, 0.717) is 6.54 Å². The fraction of sp³-hybridized carbons (Fsp3) is 0.765. The molecule has 1 aliphatic rings. The lowest BCUT2D eigenvalue weighted by Crippen LogP contribution is -2.40. The highest BCUT2D eigenvalue weighted by Crippen LogP contribution is 2.23. The highest BCUT2D eigenvalue weighted by atomic mass is 16.6. The van der Waals surface area contributed by atoms with Crippen molar-refractivity contribution in [3.8, 4) is 0 Å². The van der Waals surface area contributed by atoms with E-state index in [-0.39, 0.29) is 17.6 Å². The standard InChI is InChI=1S/C17H29N3O3/c1-16(2,3)13-9-18-14(22-13)11-20-8-7-12(10-20)19-15(21)23-17(4,5)6/h9,12H,7-8,10-11H2,1-6H3,(H,19,21). The highest BCUT2D eigenvalue weighted by molar-refractivity contribution is 5.68. The molecule has 1 aromatic heterocycles. The molecular weight excluding hydrogens is 294 g/mol. The molecule has 0 bridgehead atoms. The van der Waals surface area contributed by atoms with E-state index in [0.717, 1.165) is 31.2 Å². The zero-order valence-electron chi connectivity index (χ0n) is 15.1. The number of carbonyl (C=O) groups excluding carboxylic acids is 1. The van der Waals surface area contributed by atoms with Gasteiger partial charge in [0.15, 0.2) is 0 Å². The molecule has 2 rings (SSSR count). The number of hydrogen-bond donors (Lipinski definition) is 1. The maximum atomic E-state index is 11.8. The number of rotatable bonds is 3. The smallest absolute Gasteiger partial charge is 0.407 e. The molecule has 1 amide bonds. The maximum absolute atomic E-state index is 11.8. The molecular formula is C17H29N3O3. The summed E-state index contributed by atoms with van der Waals surface area (Å²) < 4.78 is 11.1. The molecule has 1 atom stereocenters. The van der Waals surface area contributed by atoms with Crippen molar-refractivity contribution in [1.82, 2.24) is 15.2 Å². The van der Waals surface area contributed by atoms with Crippen LogP contribution in [0.1, 0.15) is 59.6 Å². The minimum absolute atomic E-state index is 0.0307. The molecule has 6 heteroatoms. The first-order valence-electron chi connectivity index (χ1n) is 8.20. The Bertz CT molecular complexity index is 540. The average molecular weight is 323 g/mol. The van der Waals surface area contributed by atoms with Crippen molar-refractivity contribution in [2.24, 2.45) is 0 Å². The zero-order valence-corrected chi connectivity index (χ0v) is 15.1. The van der Waals surface area contributed by atoms with Crippen molar-refractivity contribution in [2.45, 2.75) is 71.6 Å². The lowest BCUT2D eigenvalue weighted by Gasteiger charge is -2.21. The monoisotopic (exact) mass is 323 g/mol. The quantitative estimate of drug-likeness (QED) is 0.926. The summed E-state index contributed by atoms with van der Waals surface area (Å²) in [4.78, 5) is 18.4. The molecule has 0 aromatic carbocycles. The van der Waals surface area contributed by atoms with Gasteiger partial charge in [0.25, 0.3) is 0 Å². The average Bonchev–Trinajstić information content (AvgIpc) is 2.96. The normalized spacial score (nSPS) is 19.8. The highest BCUT2D eigenvalue weighted by Gasteiger charge is 2.27. The summed E-state index contributed by atoms with van der Waals surface area (Å²) in [7, 11) is 0. The molecule has 1 saturated heterocycles. The molecule has 0 saturated carbocycles. The Hall–Kier alpha value is -1.56. The molecule has 1 fully saturated rings. The van der Waals surface area contributed by atoms with E-state index in [1.807, 2.05) is 27.0 Å². The van der Waals surface area contributed by atoms with Crippen LogP contribution in [0.5, 0.6) is 0 Å². The maximum Gasteiger partial charge on any atom is 0.407 e. The third-order valence-electron chi connectivity index (χ3n) is 3.64. The van der Waals surface area contributed by atoms with Gasteiger partial charge >= 0.3 is 6.09 Å². The van der Waals surface area contributed by atoms with Gasteiger partial charge in [-0.3, -0.25) is 4.90 Å². The molecule has 0 spiro atoms. The molecule has 1 aromatic rings. The van der Waals surface area contributed by atoms with E-state index in [2.05, 4.69) is 36.0 Å². The second kappa shape index (κ2) is 6.51. The Labute approximate surface area is 138 Å². The van der Waals surface area contributed by atoms with Crippen LogP contribution in [-0.2, 0) is 16.7 Å². The molecule has 2 heterocycles. The number of carbonyl (C=O) groups is 1. The Kier molecular flexibility index (Phi) is 5.04. The summed E-state index contributed by atoms with van der Waals surface area (Å²) in [5.41, 5.74) is -0.499. The molecule has 1 N–H and O–H groups in total. The molecule has 0 aliphatic carbocycles. The fourth-order valence-corrected chi connectivity index (χ4v) is 2.49. The van der Waals surface area contributed by atoms with E-state index in [1.54, 1.807) is 0 Å². The first-order valence-corrected chi connectivity index (χ1v) is 8.20. The van der Waals surface area contributed by atoms with Gasteiger partial charge in [0.1, 0.15) is 11.4 Å². The lowest BCUT2D eigenvalue weighted by molar-refractivity contribution is 0.0505. The number of nitrogens with zero attached hydrogens (tertiary/aromatic N) is 2. The number of ether oxygens (including phenoxy) is 1. The van der Waals surface area contributed by atoms with E-state index >= 15 is 0 Å². The minimum atomic E-state index is -0.468. The number of amides is 1. The van der Waals surface area contributed by atoms with Crippen LogP contribution < -0.4 is 5.32 Å². The Morgan fingerprint density at radius 1 is 1.39 bits per heavy atom. The van der Waals surface area contributed by atoms with Gasteiger partial charge in [-0.1, -0.05) is 20.8 Å². The summed E-state index contributed by atoms with van der Waals surface area (Å²) in [6.45, 7) is 14.3. The van der Waals surface area contributed by atoms with Gasteiger partial charge in [0.05, 0.1) is 12.7 Å². The summed E-state index contributed by atoms with van der Waals surface area (Å²) in [5.74, 6) is 1.63. The molecule has 1 aliphatic heterocycles. The molecule has 0 radical (unpaired) electrons. The van der Waals surface area contributed by atoms with Crippen LogP contribution in [0.3, 0.4) is 0 Å². The van der Waals surface area contributed by atoms with Crippen molar-refractivity contribution in [1.29, 1.82) is 0 Å². The zero-order chi connectivity index (χ0) is 17.3. The lowest BCUT2D eigenvalue weighted by atomic mass is 9.94. The van der Waals surface area contributed by atoms with Crippen LogP contribution >= 0.6 is 0 Å². The van der Waals surface area contributed by atoms with Crippen molar-refractivity contribution < 1.29 is 13.9 Å². The number of nitrogens with one attached hydrogen (secondary N) is 1. The van der Waals surface area contributed by atoms with Gasteiger partial charge in [0.2, 0.25) is 5.89 Å². The summed E-state index contributed by atoms with van der Waals surface area (Å²) >= 11 is 0. The van der Waals surface area contributed by atoms with Gasteiger partial charge in [-0.2, -0.15) is 0 Å². The Balaban J connectivity index is 1.81. The first kappa shape index (κ1) is 17.8. The number of alkyl carbamates (subject to hydrolysis) is 1. The van der Waals surface area contributed by atoms with Crippen LogP contribution in [0.2, 0.25) is 0 Å². The minimum Gasteiger partial charge on any atom is -0.444 e. The molecule has 6 nitrogen and oxygen atoms in total. The predicted octanol–water partition coefficient (Wildman–Crippen LogP) is 3.07. The van der Waals surface area contributed by atoms with Crippen molar-refractivity contribution >= 4 is 6.09 Å². The third-order valence-corrected chi connectivity index (χ3v) is 3.64. The van der Waals surface area contributed by atoms with Crippen LogP contribution in [0.25, 0.3) is 0 Å². The van der Waals surface area contributed by atoms with E-state index in [4.69, 9.17) is 9.15 Å².